The molecule has 0 aromatic heterocycles. The third-order valence-corrected chi connectivity index (χ3v) is 2.16. The van der Waals surface area contributed by atoms with E-state index in [-0.39, 0.29) is 5.41 Å². The van der Waals surface area contributed by atoms with Crippen LogP contribution in [0.1, 0.15) is 13.8 Å². The van der Waals surface area contributed by atoms with Crippen LogP contribution >= 0.6 is 0 Å². The molecule has 1 aliphatic rings. The Labute approximate surface area is 80.7 Å². The molecular formula is C13H16. The predicted octanol–water partition coefficient (Wildman–Crippen LogP) is 3.81. The summed E-state index contributed by atoms with van der Waals surface area (Å²) < 4.78 is 0. The Hall–Kier alpha value is -1.30. The summed E-state index contributed by atoms with van der Waals surface area (Å²) in [4.78, 5) is 0. The maximum absolute atomic E-state index is 3.78. The molecule has 0 spiro atoms. The molecule has 0 nitrogen and oxygen atoms in total. The van der Waals surface area contributed by atoms with Crippen molar-refractivity contribution < 1.29 is 0 Å². The van der Waals surface area contributed by atoms with Crippen LogP contribution in [-0.4, -0.2) is 0 Å². The average Bonchev–Trinajstić information content (AvgIpc) is 2.23. The topological polar surface area (TPSA) is 0 Å². The second-order valence-electron chi connectivity index (χ2n) is 3.81. The standard InChI is InChI=1S/C13H16/c1-5-11-7-9-13(3,4)10-8-12(11)6-2/h5-10H,1-2H2,3-4H3. The van der Waals surface area contributed by atoms with Gasteiger partial charge in [0.1, 0.15) is 0 Å². The molecule has 0 atom stereocenters. The summed E-state index contributed by atoms with van der Waals surface area (Å²) in [5.74, 6) is 0. The fourth-order valence-corrected chi connectivity index (χ4v) is 1.23. The van der Waals surface area contributed by atoms with Crippen LogP contribution in [0.25, 0.3) is 0 Å². The molecule has 0 bridgehead atoms. The minimum absolute atomic E-state index is 0.124. The summed E-state index contributed by atoms with van der Waals surface area (Å²) in [5.41, 5.74) is 2.40. The summed E-state index contributed by atoms with van der Waals surface area (Å²) >= 11 is 0. The van der Waals surface area contributed by atoms with Gasteiger partial charge in [-0.2, -0.15) is 0 Å². The van der Waals surface area contributed by atoms with E-state index in [2.05, 4.69) is 51.3 Å². The molecule has 68 valence electrons. The molecule has 0 aromatic rings. The van der Waals surface area contributed by atoms with Crippen LogP contribution in [0.2, 0.25) is 0 Å². The second-order valence-corrected chi connectivity index (χ2v) is 3.81. The first kappa shape index (κ1) is 9.79. The Balaban J connectivity index is 3.16. The minimum atomic E-state index is 0.124. The van der Waals surface area contributed by atoms with Crippen LogP contribution in [-0.2, 0) is 0 Å². The zero-order valence-corrected chi connectivity index (χ0v) is 8.38. The lowest BCUT2D eigenvalue weighted by atomic mass is 9.93. The summed E-state index contributed by atoms with van der Waals surface area (Å²) in [6.07, 6.45) is 12.3. The van der Waals surface area contributed by atoms with Crippen molar-refractivity contribution in [1.82, 2.24) is 0 Å². The van der Waals surface area contributed by atoms with E-state index in [1.807, 2.05) is 12.2 Å². The number of hydrogen-bond donors (Lipinski definition) is 0. The molecule has 0 N–H and O–H groups in total. The molecule has 0 heteroatoms. The number of hydrogen-bond acceptors (Lipinski definition) is 0. The summed E-state index contributed by atoms with van der Waals surface area (Å²) in [6.45, 7) is 11.9. The van der Waals surface area contributed by atoms with Gasteiger partial charge in [-0.15, -0.1) is 0 Å². The van der Waals surface area contributed by atoms with Crippen molar-refractivity contribution in [3.05, 3.63) is 60.8 Å². The van der Waals surface area contributed by atoms with E-state index in [9.17, 15) is 0 Å². The molecule has 0 heterocycles. The fourth-order valence-electron chi connectivity index (χ4n) is 1.23. The van der Waals surface area contributed by atoms with Gasteiger partial charge in [-0.1, -0.05) is 63.5 Å². The third kappa shape index (κ3) is 2.32. The van der Waals surface area contributed by atoms with Gasteiger partial charge in [0.05, 0.1) is 0 Å². The van der Waals surface area contributed by atoms with E-state index in [1.165, 1.54) is 0 Å². The second kappa shape index (κ2) is 3.61. The van der Waals surface area contributed by atoms with Gasteiger partial charge in [-0.25, -0.2) is 0 Å². The highest BCUT2D eigenvalue weighted by atomic mass is 14.2. The molecule has 0 aliphatic heterocycles. The maximum Gasteiger partial charge on any atom is 0.00111 e. The van der Waals surface area contributed by atoms with Crippen molar-refractivity contribution in [2.45, 2.75) is 13.8 Å². The predicted molar refractivity (Wildman–Crippen MR) is 59.5 cm³/mol. The third-order valence-electron chi connectivity index (χ3n) is 2.16. The van der Waals surface area contributed by atoms with Crippen molar-refractivity contribution >= 4 is 0 Å². The van der Waals surface area contributed by atoms with Crippen molar-refractivity contribution in [2.75, 3.05) is 0 Å². The highest BCUT2D eigenvalue weighted by Crippen LogP contribution is 2.25. The first-order valence-corrected chi connectivity index (χ1v) is 4.47. The molecule has 0 radical (unpaired) electrons. The normalized spacial score (nSPS) is 19.8. The van der Waals surface area contributed by atoms with Crippen LogP contribution in [0, 0.1) is 5.41 Å². The zero-order chi connectivity index (χ0) is 9.90. The summed E-state index contributed by atoms with van der Waals surface area (Å²) in [5, 5.41) is 0. The van der Waals surface area contributed by atoms with Gasteiger partial charge >= 0.3 is 0 Å². The molecule has 0 aromatic carbocycles. The Bertz CT molecular complexity index is 279. The zero-order valence-electron chi connectivity index (χ0n) is 8.38. The largest absolute Gasteiger partial charge is 0.0984 e. The van der Waals surface area contributed by atoms with E-state index in [4.69, 9.17) is 0 Å². The Morgan fingerprint density at radius 3 is 1.69 bits per heavy atom. The Morgan fingerprint density at radius 1 is 1.00 bits per heavy atom. The molecule has 0 fully saturated rings. The van der Waals surface area contributed by atoms with Crippen molar-refractivity contribution in [3.8, 4) is 0 Å². The van der Waals surface area contributed by atoms with Gasteiger partial charge in [0, 0.05) is 5.41 Å². The van der Waals surface area contributed by atoms with Crippen LogP contribution < -0.4 is 0 Å². The van der Waals surface area contributed by atoms with Crippen LogP contribution in [0.3, 0.4) is 0 Å². The minimum Gasteiger partial charge on any atom is -0.0984 e. The molecule has 13 heavy (non-hydrogen) atoms. The monoisotopic (exact) mass is 172 g/mol. The van der Waals surface area contributed by atoms with Gasteiger partial charge in [0.25, 0.3) is 0 Å². The van der Waals surface area contributed by atoms with Crippen LogP contribution in [0.4, 0.5) is 0 Å². The molecule has 0 amide bonds. The molecule has 0 unspecified atom stereocenters. The molecule has 0 saturated carbocycles. The summed E-state index contributed by atoms with van der Waals surface area (Å²) in [6, 6.07) is 0. The van der Waals surface area contributed by atoms with Gasteiger partial charge in [-0.3, -0.25) is 0 Å². The lowest BCUT2D eigenvalue weighted by molar-refractivity contribution is 0.627. The number of allylic oxidation sites excluding steroid dienone is 8. The Kier molecular flexibility index (Phi) is 2.72. The molecule has 1 rings (SSSR count). The highest BCUT2D eigenvalue weighted by Gasteiger charge is 2.11. The van der Waals surface area contributed by atoms with Crippen molar-refractivity contribution in [1.29, 1.82) is 0 Å². The van der Waals surface area contributed by atoms with E-state index >= 15 is 0 Å². The maximum atomic E-state index is 3.78. The van der Waals surface area contributed by atoms with E-state index in [1.54, 1.807) is 0 Å². The van der Waals surface area contributed by atoms with E-state index in [0.29, 0.717) is 0 Å². The van der Waals surface area contributed by atoms with Crippen LogP contribution in [0.15, 0.2) is 60.8 Å². The Morgan fingerprint density at radius 2 is 1.38 bits per heavy atom. The van der Waals surface area contributed by atoms with Gasteiger partial charge in [0.2, 0.25) is 0 Å². The SMILES string of the molecule is C=CC1=C(C=C)C=CC(C)(C)C=C1. The van der Waals surface area contributed by atoms with Gasteiger partial charge < -0.3 is 0 Å². The van der Waals surface area contributed by atoms with Crippen molar-refractivity contribution in [3.63, 3.8) is 0 Å². The van der Waals surface area contributed by atoms with Crippen molar-refractivity contribution in [2.24, 2.45) is 5.41 Å². The molecular weight excluding hydrogens is 156 g/mol. The molecule has 0 saturated heterocycles. The average molecular weight is 172 g/mol. The summed E-state index contributed by atoms with van der Waals surface area (Å²) in [7, 11) is 0. The highest BCUT2D eigenvalue weighted by molar-refractivity contribution is 5.48. The first-order valence-electron chi connectivity index (χ1n) is 4.47. The van der Waals surface area contributed by atoms with E-state index in [0.717, 1.165) is 11.1 Å². The lowest BCUT2D eigenvalue weighted by Crippen LogP contribution is -2.00. The van der Waals surface area contributed by atoms with E-state index < -0.39 is 0 Å². The van der Waals surface area contributed by atoms with Gasteiger partial charge in [0.15, 0.2) is 0 Å². The quantitative estimate of drug-likeness (QED) is 0.594. The fraction of sp³-hybridized carbons (Fsp3) is 0.231. The molecule has 1 aliphatic carbocycles. The van der Waals surface area contributed by atoms with Crippen LogP contribution in [0.5, 0.6) is 0 Å². The lowest BCUT2D eigenvalue weighted by Gasteiger charge is -2.12. The van der Waals surface area contributed by atoms with Gasteiger partial charge in [-0.05, 0) is 11.1 Å². The smallest absolute Gasteiger partial charge is 0.00111 e. The number of rotatable bonds is 2. The first-order chi connectivity index (χ1) is 6.09.